The highest BCUT2D eigenvalue weighted by Gasteiger charge is 2.10. The van der Waals surface area contributed by atoms with E-state index in [-0.39, 0.29) is 0 Å². The number of hydrogen-bond acceptors (Lipinski definition) is 3. The standard InChI is InChI=1S/C15H18O2S/c1-2-3-9-17-14-6-4-12(5-7-14)15(16)13-8-10-18-11-13/h4-8,10-11,15-16H,2-3,9H2,1H3. The zero-order valence-corrected chi connectivity index (χ0v) is 11.3. The maximum absolute atomic E-state index is 10.2. The molecular formula is C15H18O2S. The molecule has 18 heavy (non-hydrogen) atoms. The molecule has 0 saturated carbocycles. The van der Waals surface area contributed by atoms with Crippen molar-refractivity contribution in [3.8, 4) is 5.75 Å². The van der Waals surface area contributed by atoms with E-state index in [9.17, 15) is 5.11 Å². The fourth-order valence-corrected chi connectivity index (χ4v) is 2.38. The van der Waals surface area contributed by atoms with Gasteiger partial charge in [0.1, 0.15) is 11.9 Å². The Morgan fingerprint density at radius 2 is 1.94 bits per heavy atom. The molecule has 1 unspecified atom stereocenters. The molecular weight excluding hydrogens is 244 g/mol. The quantitative estimate of drug-likeness (QED) is 0.797. The molecule has 1 heterocycles. The minimum Gasteiger partial charge on any atom is -0.494 e. The Labute approximate surface area is 112 Å². The van der Waals surface area contributed by atoms with Crippen LogP contribution in [0.4, 0.5) is 0 Å². The van der Waals surface area contributed by atoms with Gasteiger partial charge in [-0.1, -0.05) is 25.5 Å². The summed E-state index contributed by atoms with van der Waals surface area (Å²) in [7, 11) is 0. The van der Waals surface area contributed by atoms with Crippen molar-refractivity contribution in [2.24, 2.45) is 0 Å². The first kappa shape index (κ1) is 13.1. The van der Waals surface area contributed by atoms with Crippen LogP contribution in [0, 0.1) is 0 Å². The number of hydrogen-bond donors (Lipinski definition) is 1. The van der Waals surface area contributed by atoms with Crippen LogP contribution in [0.25, 0.3) is 0 Å². The lowest BCUT2D eigenvalue weighted by Gasteiger charge is -2.11. The number of aliphatic hydroxyl groups excluding tert-OH is 1. The van der Waals surface area contributed by atoms with Crippen LogP contribution in [-0.4, -0.2) is 11.7 Å². The van der Waals surface area contributed by atoms with Gasteiger partial charge in [-0.2, -0.15) is 11.3 Å². The van der Waals surface area contributed by atoms with E-state index in [1.165, 1.54) is 0 Å². The molecule has 2 nitrogen and oxygen atoms in total. The third-order valence-electron chi connectivity index (χ3n) is 2.82. The Hall–Kier alpha value is -1.32. The first-order chi connectivity index (χ1) is 8.81. The van der Waals surface area contributed by atoms with Crippen LogP contribution in [0.2, 0.25) is 0 Å². The zero-order chi connectivity index (χ0) is 12.8. The van der Waals surface area contributed by atoms with Crippen LogP contribution in [-0.2, 0) is 0 Å². The highest BCUT2D eigenvalue weighted by atomic mass is 32.1. The number of rotatable bonds is 6. The molecule has 2 rings (SSSR count). The van der Waals surface area contributed by atoms with Gasteiger partial charge in [0.2, 0.25) is 0 Å². The van der Waals surface area contributed by atoms with Crippen molar-refractivity contribution >= 4 is 11.3 Å². The van der Waals surface area contributed by atoms with Crippen LogP contribution in [0.1, 0.15) is 37.0 Å². The Balaban J connectivity index is 1.99. The van der Waals surface area contributed by atoms with Crippen LogP contribution >= 0.6 is 11.3 Å². The lowest BCUT2D eigenvalue weighted by molar-refractivity contribution is 0.220. The summed E-state index contributed by atoms with van der Waals surface area (Å²) in [6.45, 7) is 2.90. The van der Waals surface area contributed by atoms with Crippen LogP contribution in [0.5, 0.6) is 5.75 Å². The fraction of sp³-hybridized carbons (Fsp3) is 0.333. The van der Waals surface area contributed by atoms with E-state index in [1.54, 1.807) is 11.3 Å². The molecule has 1 N–H and O–H groups in total. The van der Waals surface area contributed by atoms with Gasteiger partial charge in [-0.15, -0.1) is 0 Å². The maximum Gasteiger partial charge on any atom is 0.119 e. The molecule has 1 aromatic heterocycles. The highest BCUT2D eigenvalue weighted by molar-refractivity contribution is 7.07. The third-order valence-corrected chi connectivity index (χ3v) is 3.52. The van der Waals surface area contributed by atoms with E-state index in [1.807, 2.05) is 41.1 Å². The van der Waals surface area contributed by atoms with Gasteiger partial charge in [0, 0.05) is 0 Å². The predicted molar refractivity (Wildman–Crippen MR) is 75.2 cm³/mol. The maximum atomic E-state index is 10.2. The third kappa shape index (κ3) is 3.34. The number of unbranched alkanes of at least 4 members (excludes halogenated alkanes) is 1. The molecule has 3 heteroatoms. The summed E-state index contributed by atoms with van der Waals surface area (Å²) in [5, 5.41) is 14.1. The summed E-state index contributed by atoms with van der Waals surface area (Å²) in [5.41, 5.74) is 1.84. The average Bonchev–Trinajstić information content (AvgIpc) is 2.93. The van der Waals surface area contributed by atoms with E-state index < -0.39 is 6.10 Å². The highest BCUT2D eigenvalue weighted by Crippen LogP contribution is 2.25. The second-order valence-electron chi connectivity index (χ2n) is 4.23. The van der Waals surface area contributed by atoms with Gasteiger partial charge >= 0.3 is 0 Å². The lowest BCUT2D eigenvalue weighted by atomic mass is 10.0. The smallest absolute Gasteiger partial charge is 0.119 e. The zero-order valence-electron chi connectivity index (χ0n) is 10.5. The van der Waals surface area contributed by atoms with Crippen molar-refractivity contribution in [2.75, 3.05) is 6.61 Å². The van der Waals surface area contributed by atoms with E-state index in [0.717, 1.165) is 36.3 Å². The number of aliphatic hydroxyl groups is 1. The van der Waals surface area contributed by atoms with E-state index >= 15 is 0 Å². The summed E-state index contributed by atoms with van der Waals surface area (Å²) in [6.07, 6.45) is 1.66. The second-order valence-corrected chi connectivity index (χ2v) is 5.01. The molecule has 96 valence electrons. The van der Waals surface area contributed by atoms with Gasteiger partial charge in [-0.25, -0.2) is 0 Å². The minimum atomic E-state index is -0.541. The molecule has 1 aromatic carbocycles. The van der Waals surface area contributed by atoms with Crippen molar-refractivity contribution < 1.29 is 9.84 Å². The molecule has 0 bridgehead atoms. The molecule has 0 fully saturated rings. The topological polar surface area (TPSA) is 29.5 Å². The van der Waals surface area contributed by atoms with E-state index in [2.05, 4.69) is 6.92 Å². The first-order valence-electron chi connectivity index (χ1n) is 6.24. The molecule has 0 saturated heterocycles. The Kier molecular flexibility index (Phi) is 4.79. The summed E-state index contributed by atoms with van der Waals surface area (Å²) in [5.74, 6) is 0.865. The van der Waals surface area contributed by atoms with Crippen molar-refractivity contribution in [1.82, 2.24) is 0 Å². The fourth-order valence-electron chi connectivity index (χ4n) is 1.70. The van der Waals surface area contributed by atoms with Crippen LogP contribution in [0.3, 0.4) is 0 Å². The SMILES string of the molecule is CCCCOc1ccc(C(O)c2ccsc2)cc1. The molecule has 0 aliphatic carbocycles. The van der Waals surface area contributed by atoms with Gasteiger partial charge in [0.25, 0.3) is 0 Å². The van der Waals surface area contributed by atoms with Crippen molar-refractivity contribution in [3.63, 3.8) is 0 Å². The summed E-state index contributed by atoms with van der Waals surface area (Å²) in [6, 6.07) is 9.62. The van der Waals surface area contributed by atoms with Gasteiger partial charge < -0.3 is 9.84 Å². The molecule has 0 amide bonds. The van der Waals surface area contributed by atoms with Gasteiger partial charge in [-0.05, 0) is 46.5 Å². The normalized spacial score (nSPS) is 12.3. The summed E-state index contributed by atoms with van der Waals surface area (Å²) < 4.78 is 5.59. The van der Waals surface area contributed by atoms with E-state index in [4.69, 9.17) is 4.74 Å². The second kappa shape index (κ2) is 6.57. The molecule has 0 spiro atoms. The Morgan fingerprint density at radius 1 is 1.17 bits per heavy atom. The van der Waals surface area contributed by atoms with Crippen LogP contribution in [0.15, 0.2) is 41.1 Å². The predicted octanol–water partition coefficient (Wildman–Crippen LogP) is 4.01. The van der Waals surface area contributed by atoms with Crippen LogP contribution < -0.4 is 4.74 Å². The van der Waals surface area contributed by atoms with Gasteiger partial charge in [0.15, 0.2) is 0 Å². The van der Waals surface area contributed by atoms with Crippen molar-refractivity contribution in [1.29, 1.82) is 0 Å². The van der Waals surface area contributed by atoms with Gasteiger partial charge in [-0.3, -0.25) is 0 Å². The van der Waals surface area contributed by atoms with Crippen molar-refractivity contribution in [3.05, 3.63) is 52.2 Å². The molecule has 2 aromatic rings. The number of ether oxygens (including phenoxy) is 1. The summed E-state index contributed by atoms with van der Waals surface area (Å²) >= 11 is 1.59. The largest absolute Gasteiger partial charge is 0.494 e. The number of benzene rings is 1. The Morgan fingerprint density at radius 3 is 2.56 bits per heavy atom. The molecule has 0 aliphatic heterocycles. The lowest BCUT2D eigenvalue weighted by Crippen LogP contribution is -1.99. The number of thiophene rings is 1. The monoisotopic (exact) mass is 262 g/mol. The van der Waals surface area contributed by atoms with Gasteiger partial charge in [0.05, 0.1) is 6.61 Å². The minimum absolute atomic E-state index is 0.541. The van der Waals surface area contributed by atoms with Crippen molar-refractivity contribution in [2.45, 2.75) is 25.9 Å². The molecule has 1 atom stereocenters. The van der Waals surface area contributed by atoms with E-state index in [0.29, 0.717) is 0 Å². The average molecular weight is 262 g/mol. The Bertz CT molecular complexity index is 448. The molecule has 0 radical (unpaired) electrons. The first-order valence-corrected chi connectivity index (χ1v) is 7.18. The summed E-state index contributed by atoms with van der Waals surface area (Å²) in [4.78, 5) is 0. The molecule has 0 aliphatic rings.